The van der Waals surface area contributed by atoms with Gasteiger partial charge in [-0.15, -0.1) is 0 Å². The number of nitrogens with zero attached hydrogens (tertiary/aromatic N) is 4. The first-order valence-electron chi connectivity index (χ1n) is 8.14. The molecular formula is C20H17N5. The maximum Gasteiger partial charge on any atom is 0.0900 e. The molecule has 1 N–H and O–H groups in total. The Morgan fingerprint density at radius 3 is 1.72 bits per heavy atom. The van der Waals surface area contributed by atoms with E-state index in [1.165, 1.54) is 11.1 Å². The quantitative estimate of drug-likeness (QED) is 0.782. The molecule has 0 aromatic heterocycles. The highest BCUT2D eigenvalue weighted by Crippen LogP contribution is 2.13. The molecule has 6 rings (SSSR count). The van der Waals surface area contributed by atoms with Gasteiger partial charge < -0.3 is 5.32 Å². The van der Waals surface area contributed by atoms with Crippen molar-refractivity contribution in [3.8, 4) is 0 Å². The van der Waals surface area contributed by atoms with Gasteiger partial charge in [0.25, 0.3) is 0 Å². The van der Waals surface area contributed by atoms with E-state index in [-0.39, 0.29) is 0 Å². The molecule has 0 spiro atoms. The zero-order chi connectivity index (χ0) is 16.9. The van der Waals surface area contributed by atoms with Crippen LogP contribution in [0.5, 0.6) is 0 Å². The van der Waals surface area contributed by atoms with Crippen LogP contribution in [0.3, 0.4) is 0 Å². The zero-order valence-corrected chi connectivity index (χ0v) is 13.6. The van der Waals surface area contributed by atoms with Gasteiger partial charge in [0.15, 0.2) is 0 Å². The second-order valence-corrected chi connectivity index (χ2v) is 5.76. The van der Waals surface area contributed by atoms with Crippen LogP contribution >= 0.6 is 0 Å². The molecular weight excluding hydrogens is 310 g/mol. The molecule has 122 valence electrons. The summed E-state index contributed by atoms with van der Waals surface area (Å²) in [6.07, 6.45) is 14.6. The summed E-state index contributed by atoms with van der Waals surface area (Å²) in [5, 5.41) is 3.29. The van der Waals surface area contributed by atoms with E-state index in [0.29, 0.717) is 0 Å². The molecule has 5 aliphatic heterocycles. The van der Waals surface area contributed by atoms with Crippen LogP contribution in [-0.2, 0) is 13.1 Å². The third-order valence-electron chi connectivity index (χ3n) is 4.10. The van der Waals surface area contributed by atoms with Gasteiger partial charge in [0.05, 0.1) is 23.9 Å². The average Bonchev–Trinajstić information content (AvgIpc) is 3.41. The van der Waals surface area contributed by atoms with Crippen LogP contribution < -0.4 is 5.32 Å². The molecule has 1 aromatic carbocycles. The molecule has 5 nitrogen and oxygen atoms in total. The highest BCUT2D eigenvalue weighted by molar-refractivity contribution is 6.42. The van der Waals surface area contributed by atoms with Crippen molar-refractivity contribution in [3.05, 3.63) is 83.5 Å². The minimum Gasteiger partial charge on any atom is -0.309 e. The molecule has 5 heterocycles. The van der Waals surface area contributed by atoms with Crippen molar-refractivity contribution in [3.63, 3.8) is 0 Å². The van der Waals surface area contributed by atoms with Crippen molar-refractivity contribution >= 4 is 23.9 Å². The Kier molecular flexibility index (Phi) is 4.39. The molecule has 5 heteroatoms. The van der Waals surface area contributed by atoms with Crippen LogP contribution in [0.1, 0.15) is 11.1 Å². The van der Waals surface area contributed by atoms with E-state index < -0.39 is 0 Å². The summed E-state index contributed by atoms with van der Waals surface area (Å²) in [4.78, 5) is 15.8. The van der Waals surface area contributed by atoms with Gasteiger partial charge in [0.1, 0.15) is 0 Å². The standard InChI is InChI=1S/C8H9N.2C6H4N2/c1-2-4-8-6-9-5-7(8)3-1;2*1-2-8-6-4-7-3-5(1)6/h1-4,9H,5-6H2;2*1-4H. The average molecular weight is 327 g/mol. The summed E-state index contributed by atoms with van der Waals surface area (Å²) in [6, 6.07) is 8.53. The lowest BCUT2D eigenvalue weighted by Gasteiger charge is -1.91. The van der Waals surface area contributed by atoms with E-state index in [2.05, 4.69) is 49.6 Å². The Labute approximate surface area is 146 Å². The fourth-order valence-electron chi connectivity index (χ4n) is 2.76. The van der Waals surface area contributed by atoms with Gasteiger partial charge in [-0.3, -0.25) is 20.0 Å². The molecule has 0 fully saturated rings. The van der Waals surface area contributed by atoms with E-state index in [4.69, 9.17) is 0 Å². The van der Waals surface area contributed by atoms with Crippen LogP contribution in [0.4, 0.5) is 0 Å². The first-order valence-corrected chi connectivity index (χ1v) is 8.14. The van der Waals surface area contributed by atoms with Crippen LogP contribution in [0.2, 0.25) is 0 Å². The number of aliphatic imine (C=N–C) groups is 4. The molecule has 0 atom stereocenters. The normalized spacial score (nSPS) is 19.0. The lowest BCUT2D eigenvalue weighted by molar-refractivity contribution is 0.765. The number of allylic oxidation sites excluding steroid dienone is 4. The van der Waals surface area contributed by atoms with Gasteiger partial charge in [-0.25, -0.2) is 0 Å². The lowest BCUT2D eigenvalue weighted by atomic mass is 10.1. The van der Waals surface area contributed by atoms with Gasteiger partial charge in [0.2, 0.25) is 0 Å². The summed E-state index contributed by atoms with van der Waals surface area (Å²) in [5.74, 6) is 0. The second-order valence-electron chi connectivity index (χ2n) is 5.76. The van der Waals surface area contributed by atoms with Gasteiger partial charge in [-0.1, -0.05) is 24.3 Å². The molecule has 5 aliphatic rings. The highest BCUT2D eigenvalue weighted by atomic mass is 14.9. The van der Waals surface area contributed by atoms with Crippen molar-refractivity contribution in [2.24, 2.45) is 20.0 Å². The maximum atomic E-state index is 4.02. The summed E-state index contributed by atoms with van der Waals surface area (Å²) < 4.78 is 0. The third-order valence-corrected chi connectivity index (χ3v) is 4.10. The summed E-state index contributed by atoms with van der Waals surface area (Å²) in [5.41, 5.74) is 7.15. The highest BCUT2D eigenvalue weighted by Gasteiger charge is 2.09. The van der Waals surface area contributed by atoms with Gasteiger partial charge in [-0.2, -0.15) is 0 Å². The molecule has 0 bridgehead atoms. The summed E-state index contributed by atoms with van der Waals surface area (Å²) >= 11 is 0. The predicted molar refractivity (Wildman–Crippen MR) is 103 cm³/mol. The van der Waals surface area contributed by atoms with Crippen molar-refractivity contribution in [2.75, 3.05) is 0 Å². The monoisotopic (exact) mass is 327 g/mol. The molecule has 0 radical (unpaired) electrons. The number of fused-ring (bicyclic) bond motifs is 3. The smallest absolute Gasteiger partial charge is 0.0900 e. The summed E-state index contributed by atoms with van der Waals surface area (Å²) in [7, 11) is 0. The Morgan fingerprint density at radius 1 is 0.720 bits per heavy atom. The second kappa shape index (κ2) is 7.15. The number of rotatable bonds is 0. The van der Waals surface area contributed by atoms with Crippen LogP contribution in [-0.4, -0.2) is 23.9 Å². The van der Waals surface area contributed by atoms with Gasteiger partial charge in [-0.05, 0) is 23.3 Å². The lowest BCUT2D eigenvalue weighted by Crippen LogP contribution is -1.99. The topological polar surface area (TPSA) is 61.5 Å². The molecule has 0 saturated heterocycles. The van der Waals surface area contributed by atoms with Gasteiger partial charge in [0, 0.05) is 49.0 Å². The predicted octanol–water partition coefficient (Wildman–Crippen LogP) is 3.14. The molecule has 1 aromatic rings. The van der Waals surface area contributed by atoms with Crippen LogP contribution in [0, 0.1) is 0 Å². The molecule has 0 unspecified atom stereocenters. The van der Waals surface area contributed by atoms with E-state index in [1.807, 2.05) is 24.6 Å². The van der Waals surface area contributed by atoms with E-state index in [0.717, 1.165) is 35.7 Å². The fourth-order valence-corrected chi connectivity index (χ4v) is 2.76. The Hall–Kier alpha value is -3.18. The molecule has 0 aliphatic carbocycles. The zero-order valence-electron chi connectivity index (χ0n) is 13.6. The Balaban J connectivity index is 0.0000000943. The van der Waals surface area contributed by atoms with E-state index in [9.17, 15) is 0 Å². The third kappa shape index (κ3) is 3.51. The fraction of sp³-hybridized carbons (Fsp3) is 0.100. The first kappa shape index (κ1) is 15.4. The van der Waals surface area contributed by atoms with Gasteiger partial charge >= 0.3 is 0 Å². The number of hydrogen-bond donors (Lipinski definition) is 1. The molecule has 25 heavy (non-hydrogen) atoms. The van der Waals surface area contributed by atoms with E-state index >= 15 is 0 Å². The van der Waals surface area contributed by atoms with Crippen molar-refractivity contribution in [1.29, 1.82) is 0 Å². The van der Waals surface area contributed by atoms with Crippen LogP contribution in [0.25, 0.3) is 0 Å². The minimum atomic E-state index is 0.991. The Bertz CT molecular complexity index is 796. The number of benzene rings is 1. The number of nitrogens with one attached hydrogen (secondary N) is 1. The maximum absolute atomic E-state index is 4.02. The molecule has 0 amide bonds. The van der Waals surface area contributed by atoms with Crippen LogP contribution in [0.15, 0.2) is 92.3 Å². The Morgan fingerprint density at radius 2 is 1.24 bits per heavy atom. The minimum absolute atomic E-state index is 0.991. The summed E-state index contributed by atoms with van der Waals surface area (Å²) in [6.45, 7) is 2.10. The first-order chi connectivity index (χ1) is 12.4. The number of hydrogen-bond acceptors (Lipinski definition) is 5. The van der Waals surface area contributed by atoms with Crippen molar-refractivity contribution in [2.45, 2.75) is 13.1 Å². The molecule has 0 saturated carbocycles. The largest absolute Gasteiger partial charge is 0.309 e. The SMILES string of the molecule is C1=CC2=CN=CC2=N1.C1=CC2=CN=CC2=N1.c1ccc2c(c1)CNC2. The van der Waals surface area contributed by atoms with E-state index in [1.54, 1.807) is 24.8 Å². The van der Waals surface area contributed by atoms with Crippen molar-refractivity contribution < 1.29 is 0 Å². The van der Waals surface area contributed by atoms with Crippen molar-refractivity contribution in [1.82, 2.24) is 5.32 Å².